The maximum absolute atomic E-state index is 12.1. The van der Waals surface area contributed by atoms with Crippen LogP contribution < -0.4 is 0 Å². The lowest BCUT2D eigenvalue weighted by molar-refractivity contribution is -0.136. The molecule has 0 aromatic heterocycles. The lowest BCUT2D eigenvalue weighted by Crippen LogP contribution is -2.45. The van der Waals surface area contributed by atoms with Gasteiger partial charge in [-0.05, 0) is 18.5 Å². The highest BCUT2D eigenvalue weighted by Gasteiger charge is 2.25. The van der Waals surface area contributed by atoms with Gasteiger partial charge in [0.25, 0.3) is 0 Å². The number of nitrogens with zero attached hydrogens (tertiary/aromatic N) is 1. The maximum Gasteiger partial charge on any atom is 0.163 e. The summed E-state index contributed by atoms with van der Waals surface area (Å²) in [5, 5.41) is 0. The van der Waals surface area contributed by atoms with Crippen LogP contribution in [0.15, 0.2) is 30.3 Å². The number of hydrogen-bond donors (Lipinski definition) is 0. The van der Waals surface area contributed by atoms with Crippen LogP contribution in [-0.2, 0) is 16.0 Å². The first-order chi connectivity index (χ1) is 8.79. The number of likely N-dealkylation sites (N-methyl/N-ethyl adjacent to an activating group) is 1. The van der Waals surface area contributed by atoms with E-state index < -0.39 is 0 Å². The van der Waals surface area contributed by atoms with Crippen molar-refractivity contribution in [1.82, 2.24) is 4.90 Å². The molecule has 1 aromatic carbocycles. The molecule has 0 radical (unpaired) electrons. The molecule has 1 aromatic rings. The van der Waals surface area contributed by atoms with Gasteiger partial charge in [-0.15, -0.1) is 0 Å². The van der Waals surface area contributed by atoms with E-state index in [0.29, 0.717) is 13.0 Å². The average molecular weight is 247 g/mol. The van der Waals surface area contributed by atoms with Crippen LogP contribution in [0.1, 0.15) is 18.9 Å². The third-order valence-electron chi connectivity index (χ3n) is 3.46. The number of hydrogen-bond acceptors (Lipinski definition) is 3. The summed E-state index contributed by atoms with van der Waals surface area (Å²) in [5.74, 6) is 0.233. The van der Waals surface area contributed by atoms with Crippen molar-refractivity contribution in [3.63, 3.8) is 0 Å². The minimum Gasteiger partial charge on any atom is -0.368 e. The van der Waals surface area contributed by atoms with Gasteiger partial charge in [0.2, 0.25) is 0 Å². The monoisotopic (exact) mass is 247 g/mol. The first-order valence-electron chi connectivity index (χ1n) is 6.70. The van der Waals surface area contributed by atoms with Gasteiger partial charge in [0.05, 0.1) is 6.61 Å². The smallest absolute Gasteiger partial charge is 0.163 e. The fraction of sp³-hybridized carbons (Fsp3) is 0.533. The van der Waals surface area contributed by atoms with Gasteiger partial charge in [-0.25, -0.2) is 0 Å². The molecule has 1 atom stereocenters. The van der Waals surface area contributed by atoms with Crippen LogP contribution in [0.4, 0.5) is 0 Å². The number of benzene rings is 1. The van der Waals surface area contributed by atoms with Gasteiger partial charge in [-0.2, -0.15) is 0 Å². The van der Waals surface area contributed by atoms with Crippen molar-refractivity contribution in [2.24, 2.45) is 0 Å². The first-order valence-corrected chi connectivity index (χ1v) is 6.70. The molecule has 3 nitrogen and oxygen atoms in total. The minimum absolute atomic E-state index is 0.220. The van der Waals surface area contributed by atoms with Crippen LogP contribution in [0.2, 0.25) is 0 Å². The van der Waals surface area contributed by atoms with Crippen molar-refractivity contribution < 1.29 is 9.53 Å². The normalized spacial score (nSPS) is 20.8. The standard InChI is InChI=1S/C15H21NO2/c1-2-16-10-11-18-15(12-16)14(17)9-8-13-6-4-3-5-7-13/h3-7,15H,2,8-12H2,1H3. The minimum atomic E-state index is -0.220. The Hall–Kier alpha value is -1.19. The molecule has 1 unspecified atom stereocenters. The Morgan fingerprint density at radius 3 is 2.89 bits per heavy atom. The summed E-state index contributed by atoms with van der Waals surface area (Å²) in [6, 6.07) is 10.1. The first kappa shape index (κ1) is 13.2. The Morgan fingerprint density at radius 1 is 1.39 bits per heavy atom. The van der Waals surface area contributed by atoms with Crippen molar-refractivity contribution in [2.45, 2.75) is 25.9 Å². The van der Waals surface area contributed by atoms with Gasteiger partial charge in [-0.3, -0.25) is 9.69 Å². The molecule has 1 aliphatic rings. The fourth-order valence-electron chi connectivity index (χ4n) is 2.26. The third-order valence-corrected chi connectivity index (χ3v) is 3.46. The second-order valence-electron chi connectivity index (χ2n) is 4.70. The van der Waals surface area contributed by atoms with E-state index in [1.165, 1.54) is 5.56 Å². The molecule has 0 bridgehead atoms. The fourth-order valence-corrected chi connectivity index (χ4v) is 2.26. The maximum atomic E-state index is 12.1. The number of Topliss-reactive ketones (excluding diaryl/α,β-unsaturated/α-hetero) is 1. The Bertz CT molecular complexity index is 377. The molecule has 2 rings (SSSR count). The predicted octanol–water partition coefficient (Wildman–Crippen LogP) is 1.91. The zero-order valence-corrected chi connectivity index (χ0v) is 11.0. The highest BCUT2D eigenvalue weighted by molar-refractivity contribution is 5.83. The topological polar surface area (TPSA) is 29.5 Å². The number of carbonyl (C=O) groups excluding carboxylic acids is 1. The van der Waals surface area contributed by atoms with Crippen molar-refractivity contribution >= 4 is 5.78 Å². The number of ether oxygens (including phenoxy) is 1. The van der Waals surface area contributed by atoms with E-state index in [1.807, 2.05) is 18.2 Å². The number of morpholine rings is 1. The van der Waals surface area contributed by atoms with Gasteiger partial charge < -0.3 is 4.74 Å². The van der Waals surface area contributed by atoms with Gasteiger partial charge >= 0.3 is 0 Å². The molecule has 0 spiro atoms. The molecule has 3 heteroatoms. The van der Waals surface area contributed by atoms with Crippen LogP contribution in [0.25, 0.3) is 0 Å². The molecule has 1 fully saturated rings. The van der Waals surface area contributed by atoms with E-state index in [4.69, 9.17) is 4.74 Å². The molecule has 0 amide bonds. The summed E-state index contributed by atoms with van der Waals surface area (Å²) in [7, 11) is 0. The second kappa shape index (κ2) is 6.66. The Balaban J connectivity index is 1.81. The highest BCUT2D eigenvalue weighted by atomic mass is 16.5. The Labute approximate surface area is 109 Å². The molecular formula is C15H21NO2. The number of rotatable bonds is 5. The lowest BCUT2D eigenvalue weighted by Gasteiger charge is -2.31. The third kappa shape index (κ3) is 3.65. The van der Waals surface area contributed by atoms with Crippen molar-refractivity contribution in [3.05, 3.63) is 35.9 Å². The lowest BCUT2D eigenvalue weighted by atomic mass is 10.0. The largest absolute Gasteiger partial charge is 0.368 e. The zero-order chi connectivity index (χ0) is 12.8. The van der Waals surface area contributed by atoms with Gasteiger partial charge in [-0.1, -0.05) is 37.3 Å². The highest BCUT2D eigenvalue weighted by Crippen LogP contribution is 2.10. The molecule has 0 N–H and O–H groups in total. The molecule has 1 aliphatic heterocycles. The SMILES string of the molecule is CCN1CCOC(C(=O)CCc2ccccc2)C1. The summed E-state index contributed by atoms with van der Waals surface area (Å²) in [4.78, 5) is 14.4. The van der Waals surface area contributed by atoms with E-state index in [2.05, 4.69) is 24.0 Å². The number of ketones is 1. The summed E-state index contributed by atoms with van der Waals surface area (Å²) in [6.07, 6.45) is 1.17. The van der Waals surface area contributed by atoms with Gasteiger partial charge in [0.1, 0.15) is 6.10 Å². The van der Waals surface area contributed by atoms with Crippen LogP contribution in [0, 0.1) is 0 Å². The van der Waals surface area contributed by atoms with Crippen molar-refractivity contribution in [3.8, 4) is 0 Å². The summed E-state index contributed by atoms with van der Waals surface area (Å²) >= 11 is 0. The van der Waals surface area contributed by atoms with Crippen LogP contribution >= 0.6 is 0 Å². The zero-order valence-electron chi connectivity index (χ0n) is 11.0. The molecule has 1 heterocycles. The van der Waals surface area contributed by atoms with Crippen molar-refractivity contribution in [2.75, 3.05) is 26.2 Å². The van der Waals surface area contributed by atoms with E-state index >= 15 is 0 Å². The second-order valence-corrected chi connectivity index (χ2v) is 4.70. The molecule has 0 aliphatic carbocycles. The van der Waals surface area contributed by atoms with E-state index in [-0.39, 0.29) is 11.9 Å². The summed E-state index contributed by atoms with van der Waals surface area (Å²) < 4.78 is 5.57. The van der Waals surface area contributed by atoms with Crippen LogP contribution in [0.3, 0.4) is 0 Å². The molecular weight excluding hydrogens is 226 g/mol. The van der Waals surface area contributed by atoms with Crippen LogP contribution in [-0.4, -0.2) is 43.0 Å². The van der Waals surface area contributed by atoms with Crippen LogP contribution in [0.5, 0.6) is 0 Å². The van der Waals surface area contributed by atoms with Crippen molar-refractivity contribution in [1.29, 1.82) is 0 Å². The molecule has 18 heavy (non-hydrogen) atoms. The average Bonchev–Trinajstić information content (AvgIpc) is 2.46. The van der Waals surface area contributed by atoms with E-state index in [0.717, 1.165) is 26.1 Å². The van der Waals surface area contributed by atoms with Gasteiger partial charge in [0.15, 0.2) is 5.78 Å². The summed E-state index contributed by atoms with van der Waals surface area (Å²) in [6.45, 7) is 5.49. The van der Waals surface area contributed by atoms with Gasteiger partial charge in [0, 0.05) is 19.5 Å². The number of aryl methyl sites for hydroxylation is 1. The summed E-state index contributed by atoms with van der Waals surface area (Å²) in [5.41, 5.74) is 1.22. The number of carbonyl (C=O) groups is 1. The van der Waals surface area contributed by atoms with E-state index in [1.54, 1.807) is 0 Å². The Morgan fingerprint density at radius 2 is 2.17 bits per heavy atom. The molecule has 98 valence electrons. The van der Waals surface area contributed by atoms with E-state index in [9.17, 15) is 4.79 Å². The quantitative estimate of drug-likeness (QED) is 0.796. The predicted molar refractivity (Wildman–Crippen MR) is 71.6 cm³/mol. The molecule has 0 saturated carbocycles. The molecule has 1 saturated heterocycles. The Kier molecular flexibility index (Phi) is 4.90.